The van der Waals surface area contributed by atoms with E-state index in [1.807, 2.05) is 0 Å². The van der Waals surface area contributed by atoms with E-state index in [2.05, 4.69) is 13.8 Å². The van der Waals surface area contributed by atoms with Crippen molar-refractivity contribution in [3.63, 3.8) is 0 Å². The number of benzene rings is 1. The third kappa shape index (κ3) is 4.82. The lowest BCUT2D eigenvalue weighted by Crippen LogP contribution is -2.07. The van der Waals surface area contributed by atoms with Crippen LogP contribution in [0.15, 0.2) is 12.1 Å². The van der Waals surface area contributed by atoms with Crippen molar-refractivity contribution in [2.45, 2.75) is 25.5 Å². The maximum absolute atomic E-state index is 13.6. The SMILES string of the molecule is CC(C)SCCOc1c(F)cc(CCN)cc1F. The Kier molecular flexibility index (Phi) is 6.43. The highest BCUT2D eigenvalue weighted by atomic mass is 32.2. The third-order valence-electron chi connectivity index (χ3n) is 2.27. The summed E-state index contributed by atoms with van der Waals surface area (Å²) in [5.74, 6) is -0.901. The molecule has 0 fully saturated rings. The molecule has 2 nitrogen and oxygen atoms in total. The van der Waals surface area contributed by atoms with Gasteiger partial charge in [-0.1, -0.05) is 13.8 Å². The molecule has 0 spiro atoms. The van der Waals surface area contributed by atoms with Gasteiger partial charge in [0.15, 0.2) is 17.4 Å². The van der Waals surface area contributed by atoms with Crippen molar-refractivity contribution in [1.29, 1.82) is 0 Å². The molecule has 0 amide bonds. The Morgan fingerprint density at radius 3 is 2.39 bits per heavy atom. The molecule has 1 rings (SSSR count). The van der Waals surface area contributed by atoms with E-state index in [-0.39, 0.29) is 5.75 Å². The summed E-state index contributed by atoms with van der Waals surface area (Å²) in [5, 5.41) is 0.482. The van der Waals surface area contributed by atoms with E-state index >= 15 is 0 Å². The monoisotopic (exact) mass is 275 g/mol. The van der Waals surface area contributed by atoms with E-state index in [1.54, 1.807) is 11.8 Å². The minimum Gasteiger partial charge on any atom is -0.487 e. The molecule has 0 unspecified atom stereocenters. The molecule has 1 aromatic rings. The van der Waals surface area contributed by atoms with Gasteiger partial charge in [-0.2, -0.15) is 11.8 Å². The van der Waals surface area contributed by atoms with Crippen LogP contribution in [0.5, 0.6) is 5.75 Å². The Bertz CT molecular complexity index is 362. The lowest BCUT2D eigenvalue weighted by molar-refractivity contribution is 0.305. The number of hydrogen-bond donors (Lipinski definition) is 1. The van der Waals surface area contributed by atoms with Gasteiger partial charge in [-0.15, -0.1) is 0 Å². The van der Waals surface area contributed by atoms with Crippen LogP contribution in [0.1, 0.15) is 19.4 Å². The van der Waals surface area contributed by atoms with Crippen LogP contribution >= 0.6 is 11.8 Å². The number of rotatable bonds is 7. The summed E-state index contributed by atoms with van der Waals surface area (Å²) in [6.45, 7) is 4.79. The summed E-state index contributed by atoms with van der Waals surface area (Å²) in [6, 6.07) is 2.56. The van der Waals surface area contributed by atoms with Crippen molar-refractivity contribution in [3.05, 3.63) is 29.3 Å². The first-order valence-corrected chi connectivity index (χ1v) is 7.02. The molecular weight excluding hydrogens is 256 g/mol. The normalized spacial score (nSPS) is 11.0. The summed E-state index contributed by atoms with van der Waals surface area (Å²) in [7, 11) is 0. The molecule has 0 aliphatic carbocycles. The summed E-state index contributed by atoms with van der Waals surface area (Å²) < 4.78 is 32.4. The third-order valence-corrected chi connectivity index (χ3v) is 3.34. The molecule has 102 valence electrons. The van der Waals surface area contributed by atoms with Gasteiger partial charge in [-0.25, -0.2) is 8.78 Å². The molecule has 0 radical (unpaired) electrons. The number of hydrogen-bond acceptors (Lipinski definition) is 3. The van der Waals surface area contributed by atoms with Crippen LogP contribution in [-0.2, 0) is 6.42 Å². The van der Waals surface area contributed by atoms with E-state index < -0.39 is 11.6 Å². The van der Waals surface area contributed by atoms with Gasteiger partial charge >= 0.3 is 0 Å². The standard InChI is InChI=1S/C13H19F2NOS/c1-9(2)18-6-5-17-13-11(14)7-10(3-4-16)8-12(13)15/h7-9H,3-6,16H2,1-2H3. The zero-order valence-electron chi connectivity index (χ0n) is 10.7. The van der Waals surface area contributed by atoms with E-state index in [0.717, 1.165) is 0 Å². The van der Waals surface area contributed by atoms with Crippen LogP contribution in [0.4, 0.5) is 8.78 Å². The summed E-state index contributed by atoms with van der Waals surface area (Å²) >= 11 is 1.69. The first kappa shape index (κ1) is 15.2. The molecule has 0 aliphatic heterocycles. The second-order valence-electron chi connectivity index (χ2n) is 4.20. The fourth-order valence-electron chi connectivity index (χ4n) is 1.49. The number of ether oxygens (including phenoxy) is 1. The van der Waals surface area contributed by atoms with E-state index in [9.17, 15) is 8.78 Å². The largest absolute Gasteiger partial charge is 0.487 e. The average Bonchev–Trinajstić information content (AvgIpc) is 2.27. The zero-order chi connectivity index (χ0) is 13.5. The molecule has 1 aromatic carbocycles. The van der Waals surface area contributed by atoms with Gasteiger partial charge in [0.2, 0.25) is 0 Å². The number of thioether (sulfide) groups is 1. The van der Waals surface area contributed by atoms with Crippen LogP contribution < -0.4 is 10.5 Å². The Morgan fingerprint density at radius 2 is 1.89 bits per heavy atom. The highest BCUT2D eigenvalue weighted by Gasteiger charge is 2.12. The van der Waals surface area contributed by atoms with Crippen molar-refractivity contribution in [1.82, 2.24) is 0 Å². The van der Waals surface area contributed by atoms with E-state index in [1.165, 1.54) is 12.1 Å². The lowest BCUT2D eigenvalue weighted by Gasteiger charge is -2.10. The fraction of sp³-hybridized carbons (Fsp3) is 0.538. The van der Waals surface area contributed by atoms with E-state index in [4.69, 9.17) is 10.5 Å². The molecule has 2 N–H and O–H groups in total. The molecule has 0 saturated carbocycles. The zero-order valence-corrected chi connectivity index (χ0v) is 11.5. The maximum atomic E-state index is 13.6. The second kappa shape index (κ2) is 7.59. The fourth-order valence-corrected chi connectivity index (χ4v) is 2.14. The Morgan fingerprint density at radius 1 is 1.28 bits per heavy atom. The lowest BCUT2D eigenvalue weighted by atomic mass is 10.1. The van der Waals surface area contributed by atoms with Crippen LogP contribution in [0, 0.1) is 11.6 Å². The van der Waals surface area contributed by atoms with Gasteiger partial charge in [0.05, 0.1) is 6.61 Å². The van der Waals surface area contributed by atoms with Crippen molar-refractivity contribution in [3.8, 4) is 5.75 Å². The van der Waals surface area contributed by atoms with Gasteiger partial charge in [0, 0.05) is 5.75 Å². The number of halogens is 2. The summed E-state index contributed by atoms with van der Waals surface area (Å²) in [6.07, 6.45) is 0.456. The predicted molar refractivity (Wildman–Crippen MR) is 72.2 cm³/mol. The Balaban J connectivity index is 2.60. The summed E-state index contributed by atoms with van der Waals surface area (Å²) in [4.78, 5) is 0. The van der Waals surface area contributed by atoms with Crippen molar-refractivity contribution in [2.75, 3.05) is 18.9 Å². The first-order chi connectivity index (χ1) is 8.54. The van der Waals surface area contributed by atoms with Crippen LogP contribution in [-0.4, -0.2) is 24.2 Å². The minimum atomic E-state index is -0.659. The van der Waals surface area contributed by atoms with Crippen LogP contribution in [0.25, 0.3) is 0 Å². The number of nitrogens with two attached hydrogens (primary N) is 1. The molecule has 0 heterocycles. The molecule has 0 bridgehead atoms. The molecule has 0 aliphatic rings. The topological polar surface area (TPSA) is 35.2 Å². The minimum absolute atomic E-state index is 0.292. The van der Waals surface area contributed by atoms with Gasteiger partial charge in [0.1, 0.15) is 0 Å². The van der Waals surface area contributed by atoms with Gasteiger partial charge in [-0.05, 0) is 35.9 Å². The maximum Gasteiger partial charge on any atom is 0.190 e. The van der Waals surface area contributed by atoms with Crippen molar-refractivity contribution in [2.24, 2.45) is 5.73 Å². The van der Waals surface area contributed by atoms with Gasteiger partial charge < -0.3 is 10.5 Å². The van der Waals surface area contributed by atoms with Gasteiger partial charge in [-0.3, -0.25) is 0 Å². The predicted octanol–water partition coefficient (Wildman–Crippen LogP) is 2.99. The smallest absolute Gasteiger partial charge is 0.190 e. The second-order valence-corrected chi connectivity index (χ2v) is 5.88. The quantitative estimate of drug-likeness (QED) is 0.777. The highest BCUT2D eigenvalue weighted by molar-refractivity contribution is 7.99. The first-order valence-electron chi connectivity index (χ1n) is 5.97. The van der Waals surface area contributed by atoms with Crippen molar-refractivity contribution >= 4 is 11.8 Å². The molecular formula is C13H19F2NOS. The highest BCUT2D eigenvalue weighted by Crippen LogP contribution is 2.24. The molecule has 0 aromatic heterocycles. The summed E-state index contributed by atoms with van der Waals surface area (Å²) in [5.41, 5.74) is 5.90. The molecule has 5 heteroatoms. The van der Waals surface area contributed by atoms with E-state index in [0.29, 0.717) is 36.1 Å². The Hall–Kier alpha value is -0.810. The molecule has 18 heavy (non-hydrogen) atoms. The molecule has 0 saturated heterocycles. The van der Waals surface area contributed by atoms with Crippen molar-refractivity contribution < 1.29 is 13.5 Å². The Labute approximate surface area is 111 Å². The van der Waals surface area contributed by atoms with Crippen LogP contribution in [0.3, 0.4) is 0 Å². The van der Waals surface area contributed by atoms with Crippen LogP contribution in [0.2, 0.25) is 0 Å². The molecule has 0 atom stereocenters. The average molecular weight is 275 g/mol. The van der Waals surface area contributed by atoms with Gasteiger partial charge in [0.25, 0.3) is 0 Å².